The molecular weight excluding hydrogens is 269 g/mol. The Morgan fingerprint density at radius 3 is 2.88 bits per heavy atom. The molecule has 0 aliphatic carbocycles. The fraction of sp³-hybridized carbons (Fsp3) is 0.385. The van der Waals surface area contributed by atoms with Gasteiger partial charge in [0.15, 0.2) is 0 Å². The van der Waals surface area contributed by atoms with Gasteiger partial charge in [0.25, 0.3) is 0 Å². The highest BCUT2D eigenvalue weighted by molar-refractivity contribution is 9.10. The fourth-order valence-electron chi connectivity index (χ4n) is 1.55. The highest BCUT2D eigenvalue weighted by atomic mass is 79.9. The first-order chi connectivity index (χ1) is 7.69. The smallest absolute Gasteiger partial charge is 0.137 e. The molecule has 1 aromatic carbocycles. The van der Waals surface area contributed by atoms with E-state index in [0.29, 0.717) is 4.47 Å². The summed E-state index contributed by atoms with van der Waals surface area (Å²) >= 11 is 3.21. The molecule has 0 heterocycles. The van der Waals surface area contributed by atoms with Gasteiger partial charge < -0.3 is 5.32 Å². The average Bonchev–Trinajstić information content (AvgIpc) is 2.28. The molecule has 16 heavy (non-hydrogen) atoms. The van der Waals surface area contributed by atoms with Gasteiger partial charge in [-0.2, -0.15) is 0 Å². The molecule has 1 nitrogen and oxygen atoms in total. The molecule has 0 aromatic heterocycles. The minimum Gasteiger partial charge on any atom is -0.310 e. The highest BCUT2D eigenvalue weighted by Crippen LogP contribution is 2.23. The summed E-state index contributed by atoms with van der Waals surface area (Å²) in [4.78, 5) is 0. The van der Waals surface area contributed by atoms with Crippen LogP contribution in [0.5, 0.6) is 0 Å². The van der Waals surface area contributed by atoms with Gasteiger partial charge in [-0.15, -0.1) is 6.58 Å². The van der Waals surface area contributed by atoms with Crippen molar-refractivity contribution in [3.8, 4) is 0 Å². The van der Waals surface area contributed by atoms with Crippen LogP contribution in [0.4, 0.5) is 4.39 Å². The topological polar surface area (TPSA) is 12.0 Å². The molecule has 1 N–H and O–H groups in total. The summed E-state index contributed by atoms with van der Waals surface area (Å²) < 4.78 is 13.6. The summed E-state index contributed by atoms with van der Waals surface area (Å²) in [5.41, 5.74) is 1.08. The van der Waals surface area contributed by atoms with E-state index in [1.807, 2.05) is 18.2 Å². The third-order valence-electron chi connectivity index (χ3n) is 2.39. The van der Waals surface area contributed by atoms with Crippen molar-refractivity contribution in [3.63, 3.8) is 0 Å². The number of hydrogen-bond acceptors (Lipinski definition) is 1. The third-order valence-corrected chi connectivity index (χ3v) is 3.00. The Bertz CT molecular complexity index is 352. The summed E-state index contributed by atoms with van der Waals surface area (Å²) in [6.45, 7) is 6.82. The van der Waals surface area contributed by atoms with Gasteiger partial charge in [-0.1, -0.05) is 19.1 Å². The van der Waals surface area contributed by atoms with E-state index in [0.717, 1.165) is 24.9 Å². The van der Waals surface area contributed by atoms with Gasteiger partial charge in [-0.25, -0.2) is 4.39 Å². The van der Waals surface area contributed by atoms with Crippen molar-refractivity contribution in [1.82, 2.24) is 5.32 Å². The van der Waals surface area contributed by atoms with Gasteiger partial charge in [0.05, 0.1) is 4.47 Å². The Morgan fingerprint density at radius 2 is 2.31 bits per heavy atom. The molecule has 0 aliphatic heterocycles. The van der Waals surface area contributed by atoms with Crippen LogP contribution in [0, 0.1) is 5.82 Å². The van der Waals surface area contributed by atoms with Crippen molar-refractivity contribution in [2.45, 2.75) is 25.8 Å². The zero-order valence-corrected chi connectivity index (χ0v) is 11.1. The number of rotatable bonds is 6. The van der Waals surface area contributed by atoms with Crippen LogP contribution in [0.15, 0.2) is 35.3 Å². The van der Waals surface area contributed by atoms with Gasteiger partial charge >= 0.3 is 0 Å². The summed E-state index contributed by atoms with van der Waals surface area (Å²) in [6.07, 6.45) is 3.80. The Labute approximate surface area is 105 Å². The van der Waals surface area contributed by atoms with Crippen LogP contribution in [0.3, 0.4) is 0 Å². The number of benzene rings is 1. The summed E-state index contributed by atoms with van der Waals surface area (Å²) in [5, 5.41) is 3.42. The zero-order valence-electron chi connectivity index (χ0n) is 9.47. The van der Waals surface area contributed by atoms with Gasteiger partial charge in [-0.05, 0) is 53.0 Å². The lowest BCUT2D eigenvalue weighted by atomic mass is 10.0. The van der Waals surface area contributed by atoms with Crippen LogP contribution >= 0.6 is 15.9 Å². The Balaban J connectivity index is 2.82. The molecule has 0 amide bonds. The maximum Gasteiger partial charge on any atom is 0.137 e. The van der Waals surface area contributed by atoms with Crippen LogP contribution in [-0.4, -0.2) is 6.54 Å². The predicted octanol–water partition coefficient (Wildman–Crippen LogP) is 4.21. The molecular formula is C13H17BrFN. The van der Waals surface area contributed by atoms with E-state index in [1.54, 1.807) is 0 Å². The monoisotopic (exact) mass is 285 g/mol. The molecule has 0 bridgehead atoms. The van der Waals surface area contributed by atoms with Gasteiger partial charge in [0.2, 0.25) is 0 Å². The molecule has 1 aromatic rings. The molecule has 0 spiro atoms. The standard InChI is InChI=1S/C13H17BrFN/c1-3-5-13(16-8-4-2)10-6-7-12(15)11(14)9-10/h3,6-7,9,13,16H,1,4-5,8H2,2H3. The lowest BCUT2D eigenvalue weighted by molar-refractivity contribution is 0.534. The molecule has 88 valence electrons. The number of nitrogens with one attached hydrogen (secondary N) is 1. The van der Waals surface area contributed by atoms with Crippen molar-refractivity contribution < 1.29 is 4.39 Å². The SMILES string of the molecule is C=CCC(NCCC)c1ccc(F)c(Br)c1. The fourth-order valence-corrected chi connectivity index (χ4v) is 1.95. The second-order valence-corrected chi connectivity index (χ2v) is 4.56. The summed E-state index contributed by atoms with van der Waals surface area (Å²) in [6, 6.07) is 5.35. The molecule has 0 radical (unpaired) electrons. The lowest BCUT2D eigenvalue weighted by Gasteiger charge is -2.17. The van der Waals surface area contributed by atoms with Gasteiger partial charge in [-0.3, -0.25) is 0 Å². The van der Waals surface area contributed by atoms with Gasteiger partial charge in [0.1, 0.15) is 5.82 Å². The number of hydrogen-bond donors (Lipinski definition) is 1. The third kappa shape index (κ3) is 3.72. The molecule has 0 fully saturated rings. The van der Waals surface area contributed by atoms with E-state index >= 15 is 0 Å². The largest absolute Gasteiger partial charge is 0.310 e. The summed E-state index contributed by atoms with van der Waals surface area (Å²) in [5.74, 6) is -0.225. The summed E-state index contributed by atoms with van der Waals surface area (Å²) in [7, 11) is 0. The molecule has 0 saturated heterocycles. The van der Waals surface area contributed by atoms with Crippen molar-refractivity contribution in [2.75, 3.05) is 6.54 Å². The Hall–Kier alpha value is -0.670. The first kappa shape index (κ1) is 13.4. The van der Waals surface area contributed by atoms with Gasteiger partial charge in [0, 0.05) is 6.04 Å². The van der Waals surface area contributed by atoms with Crippen molar-refractivity contribution in [1.29, 1.82) is 0 Å². The van der Waals surface area contributed by atoms with Crippen LogP contribution in [0.25, 0.3) is 0 Å². The second kappa shape index (κ2) is 6.81. The van der Waals surface area contributed by atoms with E-state index < -0.39 is 0 Å². The van der Waals surface area contributed by atoms with E-state index in [-0.39, 0.29) is 11.9 Å². The van der Waals surface area contributed by atoms with Crippen LogP contribution in [-0.2, 0) is 0 Å². The minimum absolute atomic E-state index is 0.217. The Kier molecular flexibility index (Phi) is 5.71. The average molecular weight is 286 g/mol. The van der Waals surface area contributed by atoms with E-state index in [9.17, 15) is 4.39 Å². The Morgan fingerprint density at radius 1 is 1.56 bits per heavy atom. The maximum atomic E-state index is 13.1. The normalized spacial score (nSPS) is 12.4. The lowest BCUT2D eigenvalue weighted by Crippen LogP contribution is -2.21. The number of halogens is 2. The van der Waals surface area contributed by atoms with E-state index in [2.05, 4.69) is 34.7 Å². The molecule has 1 unspecified atom stereocenters. The molecule has 3 heteroatoms. The molecule has 0 saturated carbocycles. The van der Waals surface area contributed by atoms with Crippen molar-refractivity contribution in [2.24, 2.45) is 0 Å². The second-order valence-electron chi connectivity index (χ2n) is 3.70. The zero-order chi connectivity index (χ0) is 12.0. The molecule has 0 aliphatic rings. The predicted molar refractivity (Wildman–Crippen MR) is 69.9 cm³/mol. The minimum atomic E-state index is -0.225. The van der Waals surface area contributed by atoms with Crippen molar-refractivity contribution >= 4 is 15.9 Å². The highest BCUT2D eigenvalue weighted by Gasteiger charge is 2.10. The first-order valence-corrected chi connectivity index (χ1v) is 6.27. The van der Waals surface area contributed by atoms with Crippen LogP contribution < -0.4 is 5.32 Å². The van der Waals surface area contributed by atoms with Crippen molar-refractivity contribution in [3.05, 3.63) is 46.7 Å². The van der Waals surface area contributed by atoms with Crippen LogP contribution in [0.2, 0.25) is 0 Å². The van der Waals surface area contributed by atoms with Crippen LogP contribution in [0.1, 0.15) is 31.4 Å². The first-order valence-electron chi connectivity index (χ1n) is 5.48. The van der Waals surface area contributed by atoms with E-state index in [4.69, 9.17) is 0 Å². The molecule has 1 atom stereocenters. The quantitative estimate of drug-likeness (QED) is 0.773. The van der Waals surface area contributed by atoms with E-state index in [1.165, 1.54) is 6.07 Å². The molecule has 1 rings (SSSR count). The maximum absolute atomic E-state index is 13.1.